The minimum absolute atomic E-state index is 0.0300. The van der Waals surface area contributed by atoms with Gasteiger partial charge < -0.3 is 19.3 Å². The first kappa shape index (κ1) is 21.9. The number of hydrogen-bond donors (Lipinski definition) is 1. The number of carbonyl (C=O) groups excluding carboxylic acids is 2. The molecule has 1 N–H and O–H groups in total. The first-order valence-corrected chi connectivity index (χ1v) is 12.2. The summed E-state index contributed by atoms with van der Waals surface area (Å²) >= 11 is 0. The molecule has 1 spiro atoms. The third-order valence-corrected chi connectivity index (χ3v) is 9.10. The van der Waals surface area contributed by atoms with E-state index in [2.05, 4.69) is 0 Å². The van der Waals surface area contributed by atoms with Crippen LogP contribution in [0.5, 0.6) is 17.2 Å². The molecule has 6 heteroatoms. The van der Waals surface area contributed by atoms with Crippen LogP contribution in [0, 0.1) is 11.8 Å². The van der Waals surface area contributed by atoms with Gasteiger partial charge in [-0.25, -0.2) is 0 Å². The van der Waals surface area contributed by atoms with E-state index >= 15 is 0 Å². The maximum atomic E-state index is 14.4. The van der Waals surface area contributed by atoms with Crippen LogP contribution in [0.4, 0.5) is 0 Å². The van der Waals surface area contributed by atoms with Crippen LogP contribution in [-0.4, -0.2) is 39.6 Å². The zero-order valence-electron chi connectivity index (χ0n) is 20.9. The predicted octanol–water partition coefficient (Wildman–Crippen LogP) is 4.81. The molecule has 0 amide bonds. The molecule has 6 aliphatic rings. The number of phenols is 1. The topological polar surface area (TPSA) is 82.1 Å². The summed E-state index contributed by atoms with van der Waals surface area (Å²) in [6, 6.07) is 1.51. The van der Waals surface area contributed by atoms with E-state index in [1.54, 1.807) is 0 Å². The molecule has 3 aliphatic carbocycles. The first-order valence-electron chi connectivity index (χ1n) is 12.2. The molecule has 5 atom stereocenters. The summed E-state index contributed by atoms with van der Waals surface area (Å²) in [7, 11) is 0. The van der Waals surface area contributed by atoms with Gasteiger partial charge >= 0.3 is 0 Å². The monoisotopic (exact) mass is 464 g/mol. The van der Waals surface area contributed by atoms with Gasteiger partial charge in [-0.05, 0) is 34.6 Å². The van der Waals surface area contributed by atoms with E-state index in [-0.39, 0.29) is 46.6 Å². The van der Waals surface area contributed by atoms with Crippen LogP contribution in [0.3, 0.4) is 0 Å². The number of carbonyl (C=O) groups is 2. The molecule has 0 unspecified atom stereocenters. The van der Waals surface area contributed by atoms with E-state index in [0.717, 1.165) is 11.1 Å². The Morgan fingerprint density at radius 2 is 1.91 bits per heavy atom. The second-order valence-corrected chi connectivity index (χ2v) is 12.0. The molecule has 6 nitrogen and oxygen atoms in total. The third kappa shape index (κ3) is 2.31. The molecule has 1 aromatic rings. The van der Waals surface area contributed by atoms with Gasteiger partial charge in [-0.3, -0.25) is 9.59 Å². The highest BCUT2D eigenvalue weighted by Crippen LogP contribution is 2.66. The molecule has 180 valence electrons. The minimum atomic E-state index is -1.42. The fraction of sp³-hybridized carbons (Fsp3) is 0.571. The Balaban J connectivity index is 1.60. The average molecular weight is 465 g/mol. The number of fused-ring (bicyclic) bond motifs is 3. The summed E-state index contributed by atoms with van der Waals surface area (Å²) in [4.78, 5) is 28.3. The quantitative estimate of drug-likeness (QED) is 0.633. The van der Waals surface area contributed by atoms with Gasteiger partial charge in [-0.2, -0.15) is 0 Å². The molecule has 0 aromatic heterocycles. The van der Waals surface area contributed by atoms with E-state index in [1.165, 1.54) is 6.07 Å². The fourth-order valence-corrected chi connectivity index (χ4v) is 7.01. The Morgan fingerprint density at radius 1 is 1.21 bits per heavy atom. The molecule has 3 aliphatic heterocycles. The highest BCUT2D eigenvalue weighted by atomic mass is 16.6. The summed E-state index contributed by atoms with van der Waals surface area (Å²) < 4.78 is 19.4. The zero-order valence-corrected chi connectivity index (χ0v) is 20.9. The van der Waals surface area contributed by atoms with Crippen molar-refractivity contribution in [3.63, 3.8) is 0 Å². The van der Waals surface area contributed by atoms with Crippen molar-refractivity contribution in [2.45, 2.75) is 89.6 Å². The Kier molecular flexibility index (Phi) is 3.96. The summed E-state index contributed by atoms with van der Waals surface area (Å²) in [5, 5.41) is 10.8. The molecular weight excluding hydrogens is 432 g/mol. The molecule has 4 bridgehead atoms. The lowest BCUT2D eigenvalue weighted by Crippen LogP contribution is -2.68. The highest BCUT2D eigenvalue weighted by molar-refractivity contribution is 6.21. The average Bonchev–Trinajstić information content (AvgIpc) is 3.08. The second kappa shape index (κ2) is 6.14. The Labute approximate surface area is 200 Å². The summed E-state index contributed by atoms with van der Waals surface area (Å²) in [5.74, 6) is -0.0785. The molecule has 1 aromatic carbocycles. The molecule has 0 radical (unpaired) electrons. The van der Waals surface area contributed by atoms with Gasteiger partial charge in [0.25, 0.3) is 0 Å². The lowest BCUT2D eigenvalue weighted by Gasteiger charge is -2.53. The van der Waals surface area contributed by atoms with Crippen molar-refractivity contribution in [1.29, 1.82) is 0 Å². The standard InChI is InChI=1S/C28H32O6/c1-13(2)8-9-27-15-10-16-22(30)20-18(29)11-19-21(25(4,5)14(3)32-19)23(20)33-28(16,24(27)31)12-17(15)26(6,7)34-27/h8,10-11,14-15,17,29H,9,12H2,1-7H3/t14-,15+,17-,27-,28-/m1/s1. The molecule has 1 saturated heterocycles. The van der Waals surface area contributed by atoms with Crippen LogP contribution in [0.25, 0.3) is 0 Å². The molecule has 1 saturated carbocycles. The van der Waals surface area contributed by atoms with Crippen LogP contribution in [0.15, 0.2) is 29.4 Å². The van der Waals surface area contributed by atoms with Crippen molar-refractivity contribution in [1.82, 2.24) is 0 Å². The molecular formula is C28H32O6. The van der Waals surface area contributed by atoms with Crippen LogP contribution in [0.1, 0.15) is 77.2 Å². The van der Waals surface area contributed by atoms with Crippen LogP contribution in [0.2, 0.25) is 0 Å². The lowest BCUT2D eigenvalue weighted by atomic mass is 9.53. The minimum Gasteiger partial charge on any atom is -0.507 e. The van der Waals surface area contributed by atoms with Crippen LogP contribution in [-0.2, 0) is 14.9 Å². The maximum Gasteiger partial charge on any atom is 0.213 e. The Hall–Kier alpha value is -2.60. The van der Waals surface area contributed by atoms with E-state index in [9.17, 15) is 14.7 Å². The number of benzene rings is 1. The number of ether oxygens (including phenoxy) is 3. The first-order chi connectivity index (χ1) is 15.8. The highest BCUT2D eigenvalue weighted by Gasteiger charge is 2.76. The van der Waals surface area contributed by atoms with E-state index in [0.29, 0.717) is 24.2 Å². The molecule has 7 rings (SSSR count). The van der Waals surface area contributed by atoms with Crippen molar-refractivity contribution in [3.05, 3.63) is 40.5 Å². The number of hydrogen-bond acceptors (Lipinski definition) is 6. The van der Waals surface area contributed by atoms with Crippen LogP contribution < -0.4 is 9.47 Å². The van der Waals surface area contributed by atoms with Gasteiger partial charge in [-0.15, -0.1) is 0 Å². The molecule has 3 heterocycles. The summed E-state index contributed by atoms with van der Waals surface area (Å²) in [6.07, 6.45) is 4.62. The molecule has 34 heavy (non-hydrogen) atoms. The number of allylic oxidation sites excluding steroid dienone is 1. The zero-order chi connectivity index (χ0) is 24.6. The van der Waals surface area contributed by atoms with Crippen molar-refractivity contribution in [2.75, 3.05) is 0 Å². The van der Waals surface area contributed by atoms with Crippen molar-refractivity contribution in [3.8, 4) is 17.2 Å². The van der Waals surface area contributed by atoms with Gasteiger partial charge in [0.05, 0.1) is 5.60 Å². The summed E-state index contributed by atoms with van der Waals surface area (Å²) in [5.41, 5.74) is -1.16. The number of rotatable bonds is 2. The lowest BCUT2D eigenvalue weighted by molar-refractivity contribution is -0.166. The fourth-order valence-electron chi connectivity index (χ4n) is 7.01. The van der Waals surface area contributed by atoms with Gasteiger partial charge in [0, 0.05) is 47.3 Å². The van der Waals surface area contributed by atoms with Gasteiger partial charge in [0.1, 0.15) is 34.5 Å². The number of phenolic OH excluding ortho intramolecular Hbond substituents is 1. The summed E-state index contributed by atoms with van der Waals surface area (Å²) in [6.45, 7) is 14.1. The second-order valence-electron chi connectivity index (χ2n) is 12.0. The normalized spacial score (nSPS) is 37.3. The Bertz CT molecular complexity index is 1250. The van der Waals surface area contributed by atoms with E-state index < -0.39 is 22.2 Å². The van der Waals surface area contributed by atoms with E-state index in [1.807, 2.05) is 60.6 Å². The predicted molar refractivity (Wildman–Crippen MR) is 126 cm³/mol. The van der Waals surface area contributed by atoms with Crippen molar-refractivity contribution in [2.24, 2.45) is 11.8 Å². The number of ketones is 2. The van der Waals surface area contributed by atoms with E-state index in [4.69, 9.17) is 14.2 Å². The smallest absolute Gasteiger partial charge is 0.213 e. The Morgan fingerprint density at radius 3 is 2.59 bits per heavy atom. The largest absolute Gasteiger partial charge is 0.507 e. The van der Waals surface area contributed by atoms with Gasteiger partial charge in [0.15, 0.2) is 5.60 Å². The molecule has 2 fully saturated rings. The SMILES string of the molecule is CC(C)=CC[C@@]12OC(C)(C)[C@@H]3C[C@]4(Oc5c(c(O)cc6c5C(C)(C)[C@@H](C)O6)C(=O)C4=C[C@@H]31)C2=O. The number of Topliss-reactive ketones (excluding diaryl/α,β-unsaturated/α-hetero) is 2. The third-order valence-electron chi connectivity index (χ3n) is 9.10. The van der Waals surface area contributed by atoms with Crippen molar-refractivity contribution >= 4 is 11.6 Å². The number of aromatic hydroxyl groups is 1. The maximum absolute atomic E-state index is 14.4. The van der Waals surface area contributed by atoms with Gasteiger partial charge in [0.2, 0.25) is 11.6 Å². The van der Waals surface area contributed by atoms with Crippen LogP contribution >= 0.6 is 0 Å². The van der Waals surface area contributed by atoms with Crippen molar-refractivity contribution < 1.29 is 28.9 Å². The van der Waals surface area contributed by atoms with Gasteiger partial charge in [-0.1, -0.05) is 31.6 Å².